The number of fused-ring (bicyclic) bond motifs is 1. The van der Waals surface area contributed by atoms with E-state index in [0.29, 0.717) is 13.0 Å². The third-order valence-electron chi connectivity index (χ3n) is 2.88. The van der Waals surface area contributed by atoms with E-state index in [1.165, 1.54) is 16.7 Å². The topological polar surface area (TPSA) is 29.5 Å². The van der Waals surface area contributed by atoms with Gasteiger partial charge in [0.05, 0.1) is 6.61 Å². The van der Waals surface area contributed by atoms with Gasteiger partial charge in [0.1, 0.15) is 5.75 Å². The van der Waals surface area contributed by atoms with E-state index in [4.69, 9.17) is 9.84 Å². The number of benzene rings is 1. The van der Waals surface area contributed by atoms with E-state index in [-0.39, 0.29) is 6.61 Å². The normalized spacial score (nSPS) is 13.0. The summed E-state index contributed by atoms with van der Waals surface area (Å²) in [5, 5.41) is 8.68. The van der Waals surface area contributed by atoms with Crippen LogP contribution in [-0.4, -0.2) is 18.3 Å². The lowest BCUT2D eigenvalue weighted by Crippen LogP contribution is -2.02. The molecule has 0 unspecified atom stereocenters. The van der Waals surface area contributed by atoms with Gasteiger partial charge in [0.2, 0.25) is 0 Å². The van der Waals surface area contributed by atoms with Gasteiger partial charge in [-0.15, -0.1) is 0 Å². The molecule has 0 radical (unpaired) electrons. The summed E-state index contributed by atoms with van der Waals surface area (Å²) in [6, 6.07) is 6.24. The number of hydrogen-bond acceptors (Lipinski definition) is 2. The monoisotopic (exact) mass is 248 g/mol. The van der Waals surface area contributed by atoms with Crippen molar-refractivity contribution in [3.05, 3.63) is 34.9 Å². The molecule has 0 fully saturated rings. The SMILES string of the molecule is CC.CC1=Cc2ccc(OCCCO)cc2CC1. The van der Waals surface area contributed by atoms with Crippen molar-refractivity contribution >= 4 is 6.08 Å². The highest BCUT2D eigenvalue weighted by atomic mass is 16.5. The second-order valence-electron chi connectivity index (χ2n) is 4.28. The summed E-state index contributed by atoms with van der Waals surface area (Å²) >= 11 is 0. The third kappa shape index (κ3) is 4.19. The average Bonchev–Trinajstić information content (AvgIpc) is 2.41. The van der Waals surface area contributed by atoms with E-state index < -0.39 is 0 Å². The van der Waals surface area contributed by atoms with Gasteiger partial charge in [-0.2, -0.15) is 0 Å². The molecule has 2 nitrogen and oxygen atoms in total. The molecular weight excluding hydrogens is 224 g/mol. The number of rotatable bonds is 4. The number of ether oxygens (including phenoxy) is 1. The van der Waals surface area contributed by atoms with Gasteiger partial charge >= 0.3 is 0 Å². The summed E-state index contributed by atoms with van der Waals surface area (Å²) in [5.41, 5.74) is 4.13. The number of aliphatic hydroxyl groups excluding tert-OH is 1. The Balaban J connectivity index is 0.000000771. The molecule has 18 heavy (non-hydrogen) atoms. The van der Waals surface area contributed by atoms with E-state index in [0.717, 1.165) is 18.6 Å². The molecule has 0 atom stereocenters. The first-order valence-electron chi connectivity index (χ1n) is 6.83. The van der Waals surface area contributed by atoms with Crippen molar-refractivity contribution in [1.29, 1.82) is 0 Å². The summed E-state index contributed by atoms with van der Waals surface area (Å²) < 4.78 is 5.56. The van der Waals surface area contributed by atoms with Gasteiger partial charge in [-0.3, -0.25) is 0 Å². The van der Waals surface area contributed by atoms with Gasteiger partial charge in [-0.05, 0) is 43.0 Å². The van der Waals surface area contributed by atoms with Crippen molar-refractivity contribution in [2.75, 3.05) is 13.2 Å². The largest absolute Gasteiger partial charge is 0.493 e. The summed E-state index contributed by atoms with van der Waals surface area (Å²) in [6.45, 7) is 6.95. The zero-order chi connectivity index (χ0) is 13.4. The third-order valence-corrected chi connectivity index (χ3v) is 2.88. The second-order valence-corrected chi connectivity index (χ2v) is 4.28. The minimum Gasteiger partial charge on any atom is -0.493 e. The van der Waals surface area contributed by atoms with Crippen molar-refractivity contribution in [2.24, 2.45) is 0 Å². The Bertz CT molecular complexity index is 394. The van der Waals surface area contributed by atoms with Crippen molar-refractivity contribution in [2.45, 2.75) is 40.0 Å². The van der Waals surface area contributed by atoms with Crippen LogP contribution < -0.4 is 4.74 Å². The highest BCUT2D eigenvalue weighted by Gasteiger charge is 2.08. The van der Waals surface area contributed by atoms with Crippen molar-refractivity contribution in [1.82, 2.24) is 0 Å². The van der Waals surface area contributed by atoms with E-state index >= 15 is 0 Å². The van der Waals surface area contributed by atoms with Gasteiger partial charge in [0.15, 0.2) is 0 Å². The van der Waals surface area contributed by atoms with Crippen LogP contribution in [0.2, 0.25) is 0 Å². The Kier molecular flexibility index (Phi) is 6.51. The average molecular weight is 248 g/mol. The fraction of sp³-hybridized carbons (Fsp3) is 0.500. The zero-order valence-electron chi connectivity index (χ0n) is 11.7. The Morgan fingerprint density at radius 2 is 2.00 bits per heavy atom. The lowest BCUT2D eigenvalue weighted by Gasteiger charge is -2.15. The highest BCUT2D eigenvalue weighted by Crippen LogP contribution is 2.27. The van der Waals surface area contributed by atoms with Crippen molar-refractivity contribution < 1.29 is 9.84 Å². The maximum atomic E-state index is 8.68. The highest BCUT2D eigenvalue weighted by molar-refractivity contribution is 5.60. The molecule has 1 aliphatic rings. The molecule has 1 aliphatic carbocycles. The van der Waals surface area contributed by atoms with Gasteiger partial charge in [-0.1, -0.05) is 31.6 Å². The van der Waals surface area contributed by atoms with Crippen molar-refractivity contribution in [3.8, 4) is 5.75 Å². The number of hydrogen-bond donors (Lipinski definition) is 1. The van der Waals surface area contributed by atoms with Crippen LogP contribution in [0.5, 0.6) is 5.75 Å². The smallest absolute Gasteiger partial charge is 0.119 e. The van der Waals surface area contributed by atoms with Crippen LogP contribution in [0.25, 0.3) is 6.08 Å². The van der Waals surface area contributed by atoms with Crippen LogP contribution in [0.3, 0.4) is 0 Å². The summed E-state index contributed by atoms with van der Waals surface area (Å²) in [6.07, 6.45) is 5.19. The van der Waals surface area contributed by atoms with Gasteiger partial charge in [0.25, 0.3) is 0 Å². The zero-order valence-corrected chi connectivity index (χ0v) is 11.7. The quantitative estimate of drug-likeness (QED) is 0.821. The van der Waals surface area contributed by atoms with Gasteiger partial charge in [-0.25, -0.2) is 0 Å². The predicted octanol–water partition coefficient (Wildman–Crippen LogP) is 3.82. The number of aliphatic hydroxyl groups is 1. The predicted molar refractivity (Wildman–Crippen MR) is 77.0 cm³/mol. The van der Waals surface area contributed by atoms with Crippen LogP contribution in [0.15, 0.2) is 23.8 Å². The molecular formula is C16H24O2. The minimum atomic E-state index is 0.187. The van der Waals surface area contributed by atoms with Crippen LogP contribution >= 0.6 is 0 Å². The second kappa shape index (κ2) is 7.93. The molecule has 0 amide bonds. The molecule has 0 spiro atoms. The molecule has 1 N–H and O–H groups in total. The van der Waals surface area contributed by atoms with Gasteiger partial charge in [0, 0.05) is 13.0 Å². The summed E-state index contributed by atoms with van der Waals surface area (Å²) in [5.74, 6) is 0.917. The first-order valence-corrected chi connectivity index (χ1v) is 6.83. The standard InChI is InChI=1S/C14H18O2.C2H6/c1-11-3-4-13-10-14(16-8-2-7-15)6-5-12(13)9-11;1-2/h5-6,9-10,15H,2-4,7-8H2,1H3;1-2H3. The molecule has 0 aliphatic heterocycles. The number of allylic oxidation sites excluding steroid dienone is 1. The van der Waals surface area contributed by atoms with Crippen LogP contribution in [0.1, 0.15) is 44.7 Å². The summed E-state index contributed by atoms with van der Waals surface area (Å²) in [7, 11) is 0. The van der Waals surface area contributed by atoms with E-state index in [1.54, 1.807) is 0 Å². The van der Waals surface area contributed by atoms with E-state index in [1.807, 2.05) is 19.9 Å². The maximum absolute atomic E-state index is 8.68. The fourth-order valence-corrected chi connectivity index (χ4v) is 1.95. The molecule has 0 saturated heterocycles. The maximum Gasteiger partial charge on any atom is 0.119 e. The van der Waals surface area contributed by atoms with Crippen LogP contribution in [0, 0.1) is 0 Å². The van der Waals surface area contributed by atoms with E-state index in [2.05, 4.69) is 25.1 Å². The molecule has 1 aromatic carbocycles. The van der Waals surface area contributed by atoms with Crippen LogP contribution in [0.4, 0.5) is 0 Å². The Hall–Kier alpha value is -1.28. The molecule has 2 heteroatoms. The first-order chi connectivity index (χ1) is 8.79. The summed E-state index contributed by atoms with van der Waals surface area (Å²) in [4.78, 5) is 0. The van der Waals surface area contributed by atoms with Crippen LogP contribution in [-0.2, 0) is 6.42 Å². The molecule has 0 heterocycles. The minimum absolute atomic E-state index is 0.187. The molecule has 1 aromatic rings. The Labute approximate surface area is 110 Å². The first kappa shape index (κ1) is 14.8. The van der Waals surface area contributed by atoms with E-state index in [9.17, 15) is 0 Å². The molecule has 0 saturated carbocycles. The molecule has 2 rings (SSSR count). The Morgan fingerprint density at radius 3 is 2.72 bits per heavy atom. The molecule has 0 bridgehead atoms. The molecule has 100 valence electrons. The van der Waals surface area contributed by atoms with Crippen molar-refractivity contribution in [3.63, 3.8) is 0 Å². The fourth-order valence-electron chi connectivity index (χ4n) is 1.95. The number of aryl methyl sites for hydroxylation is 1. The lowest BCUT2D eigenvalue weighted by molar-refractivity contribution is 0.233. The lowest BCUT2D eigenvalue weighted by atomic mass is 9.93. The molecule has 0 aromatic heterocycles. The van der Waals surface area contributed by atoms with Gasteiger partial charge < -0.3 is 9.84 Å². The Morgan fingerprint density at radius 1 is 1.22 bits per heavy atom.